The molecule has 2 aromatic carbocycles. The number of hydrogen-bond acceptors (Lipinski definition) is 7. The molecule has 270 valence electrons. The van der Waals surface area contributed by atoms with E-state index in [9.17, 15) is 19.2 Å². The zero-order chi connectivity index (χ0) is 36.0. The minimum Gasteiger partial charge on any atom is -0.488 e. The van der Waals surface area contributed by atoms with Crippen LogP contribution in [0.25, 0.3) is 22.2 Å². The summed E-state index contributed by atoms with van der Waals surface area (Å²) >= 11 is 0. The number of unbranched alkanes of at least 4 members (excludes halogenated alkanes) is 1. The van der Waals surface area contributed by atoms with Crippen molar-refractivity contribution in [1.82, 2.24) is 9.88 Å². The Bertz CT molecular complexity index is 1750. The molecule has 2 fully saturated rings. The summed E-state index contributed by atoms with van der Waals surface area (Å²) < 4.78 is 12.5. The molecule has 1 saturated carbocycles. The Kier molecular flexibility index (Phi) is 11.7. The van der Waals surface area contributed by atoms with E-state index >= 15 is 0 Å². The summed E-state index contributed by atoms with van der Waals surface area (Å²) in [6.07, 6.45) is 10.3. The molecule has 1 saturated heterocycles. The topological polar surface area (TPSA) is 103 Å². The van der Waals surface area contributed by atoms with Crippen LogP contribution in [0.2, 0.25) is 0 Å². The monoisotopic (exact) mass is 692 g/mol. The molecule has 4 bridgehead atoms. The third-order valence-electron chi connectivity index (χ3n) is 11.3. The number of aromatic nitrogens is 1. The highest BCUT2D eigenvalue weighted by molar-refractivity contribution is 5.97. The molecule has 1 amide bonds. The molecule has 3 aliphatic rings. The third kappa shape index (κ3) is 8.43. The molecule has 8 nitrogen and oxygen atoms in total. The first kappa shape index (κ1) is 36.5. The maximum atomic E-state index is 14.5. The average Bonchev–Trinajstić information content (AvgIpc) is 3.70. The minimum atomic E-state index is -0.767. The Morgan fingerprint density at radius 3 is 2.57 bits per heavy atom. The van der Waals surface area contributed by atoms with Crippen molar-refractivity contribution in [3.63, 3.8) is 0 Å². The predicted molar refractivity (Wildman–Crippen MR) is 198 cm³/mol. The molecule has 3 aromatic rings. The molecule has 5 atom stereocenters. The van der Waals surface area contributed by atoms with E-state index in [0.29, 0.717) is 31.6 Å². The van der Waals surface area contributed by atoms with Crippen LogP contribution in [0.4, 0.5) is 0 Å². The number of cyclic esters (lactones) is 1. The Morgan fingerprint density at radius 2 is 1.82 bits per heavy atom. The van der Waals surface area contributed by atoms with Crippen LogP contribution in [-0.4, -0.2) is 58.6 Å². The lowest BCUT2D eigenvalue weighted by Crippen LogP contribution is -2.45. The van der Waals surface area contributed by atoms with Gasteiger partial charge in [0.05, 0.1) is 36.8 Å². The fourth-order valence-electron chi connectivity index (χ4n) is 8.07. The van der Waals surface area contributed by atoms with E-state index in [1.807, 2.05) is 36.4 Å². The normalized spacial score (nSPS) is 26.0. The van der Waals surface area contributed by atoms with Crippen molar-refractivity contribution in [2.45, 2.75) is 109 Å². The van der Waals surface area contributed by atoms with Crippen molar-refractivity contribution in [2.24, 2.45) is 17.3 Å². The lowest BCUT2D eigenvalue weighted by molar-refractivity contribution is -0.150. The van der Waals surface area contributed by atoms with E-state index in [1.165, 1.54) is 5.56 Å². The highest BCUT2D eigenvalue weighted by atomic mass is 16.5. The Morgan fingerprint density at radius 1 is 1.04 bits per heavy atom. The second-order valence-electron chi connectivity index (χ2n) is 14.9. The Hall–Kier alpha value is -4.33. The van der Waals surface area contributed by atoms with Gasteiger partial charge in [0.15, 0.2) is 5.78 Å². The van der Waals surface area contributed by atoms with Crippen LogP contribution in [0.1, 0.15) is 96.5 Å². The van der Waals surface area contributed by atoms with Gasteiger partial charge in [-0.3, -0.25) is 19.2 Å². The molecule has 3 heterocycles. The number of nitrogens with zero attached hydrogens (tertiary/aromatic N) is 2. The SMILES string of the molecule is C=C[C@@H]1C[C@]1(CC(=O)[C@@H]1C[C@@H]2CN1C(=O)[C@H](CCCC)CC(=O)OCCCCCCCc1ccc3nc(-c4ccccc4)cc(c3c1)O2)C(C)=O. The first-order valence-corrected chi connectivity index (χ1v) is 19.0. The van der Waals surface area contributed by atoms with Gasteiger partial charge in [0.25, 0.3) is 0 Å². The number of ether oxygens (including phenoxy) is 2. The summed E-state index contributed by atoms with van der Waals surface area (Å²) in [5, 5.41) is 0.903. The molecule has 1 aromatic heterocycles. The van der Waals surface area contributed by atoms with Gasteiger partial charge in [-0.1, -0.05) is 81.5 Å². The molecular formula is C43H52N2O6. The number of carbonyl (C=O) groups excluding carboxylic acids is 4. The molecule has 51 heavy (non-hydrogen) atoms. The summed E-state index contributed by atoms with van der Waals surface area (Å²) in [6, 6.07) is 17.6. The number of ketones is 2. The maximum absolute atomic E-state index is 14.5. The fraction of sp³-hybridized carbons (Fsp3) is 0.512. The molecule has 0 N–H and O–H groups in total. The van der Waals surface area contributed by atoms with E-state index in [0.717, 1.165) is 73.5 Å². The third-order valence-corrected chi connectivity index (χ3v) is 11.3. The van der Waals surface area contributed by atoms with Gasteiger partial charge < -0.3 is 14.4 Å². The molecule has 1 aliphatic carbocycles. The zero-order valence-corrected chi connectivity index (χ0v) is 30.2. The van der Waals surface area contributed by atoms with Gasteiger partial charge in [0, 0.05) is 41.2 Å². The number of esters is 1. The quantitative estimate of drug-likeness (QED) is 0.164. The molecule has 8 heteroatoms. The van der Waals surface area contributed by atoms with Crippen molar-refractivity contribution >= 4 is 34.3 Å². The molecule has 0 spiro atoms. The van der Waals surface area contributed by atoms with Gasteiger partial charge in [0.1, 0.15) is 17.6 Å². The molecule has 0 radical (unpaired) electrons. The Labute approximate surface area is 302 Å². The largest absolute Gasteiger partial charge is 0.488 e. The number of carbonyl (C=O) groups is 4. The number of Topliss-reactive ketones (excluding diaryl/α,β-unsaturated/α-hetero) is 2. The van der Waals surface area contributed by atoms with Crippen molar-refractivity contribution in [2.75, 3.05) is 13.2 Å². The van der Waals surface area contributed by atoms with Crippen molar-refractivity contribution in [1.29, 1.82) is 0 Å². The van der Waals surface area contributed by atoms with Crippen LogP contribution in [0.3, 0.4) is 0 Å². The Balaban J connectivity index is 1.37. The second-order valence-corrected chi connectivity index (χ2v) is 14.9. The highest BCUT2D eigenvalue weighted by Gasteiger charge is 2.58. The summed E-state index contributed by atoms with van der Waals surface area (Å²) in [5.41, 5.74) is 3.01. The summed E-state index contributed by atoms with van der Waals surface area (Å²) in [4.78, 5) is 61.2. The van der Waals surface area contributed by atoms with E-state index in [2.05, 4.69) is 31.7 Å². The molecule has 2 aliphatic heterocycles. The number of allylic oxidation sites excluding steroid dienone is 1. The lowest BCUT2D eigenvalue weighted by atomic mass is 9.88. The van der Waals surface area contributed by atoms with Crippen molar-refractivity contribution in [3.05, 3.63) is 72.8 Å². The minimum absolute atomic E-state index is 0.0180. The van der Waals surface area contributed by atoms with E-state index in [4.69, 9.17) is 14.5 Å². The summed E-state index contributed by atoms with van der Waals surface area (Å²) in [6.45, 7) is 8.04. The summed E-state index contributed by atoms with van der Waals surface area (Å²) in [5.74, 6) is -0.745. The van der Waals surface area contributed by atoms with E-state index < -0.39 is 23.5 Å². The zero-order valence-electron chi connectivity index (χ0n) is 30.2. The standard InChI is InChI=1S/C43H52N2O6/c1-4-6-16-32-23-41(48)50-21-14-9-7-8-11-15-30-19-20-36-35(22-30)40(25-37(44-36)31-17-12-10-13-18-31)51-34-24-38(45(28-34)42(32)49)39(47)27-43(29(3)46)26-33(43)5-2/h5,10,12-13,17-20,22,25,32-34,38H,2,4,6-9,11,14-16,21,23-24,26-28H2,1,3H3/t32-,33-,34-,38+,43+/m1/s1. The number of benzene rings is 2. The van der Waals surface area contributed by atoms with Gasteiger partial charge in [-0.15, -0.1) is 6.58 Å². The first-order chi connectivity index (χ1) is 24.7. The van der Waals surface area contributed by atoms with E-state index in [1.54, 1.807) is 17.9 Å². The van der Waals surface area contributed by atoms with Gasteiger partial charge in [0.2, 0.25) is 5.91 Å². The highest BCUT2D eigenvalue weighted by Crippen LogP contribution is 2.57. The van der Waals surface area contributed by atoms with Crippen molar-refractivity contribution < 1.29 is 28.7 Å². The lowest BCUT2D eigenvalue weighted by Gasteiger charge is -2.28. The maximum Gasteiger partial charge on any atom is 0.306 e. The van der Waals surface area contributed by atoms with Crippen LogP contribution >= 0.6 is 0 Å². The van der Waals surface area contributed by atoms with Gasteiger partial charge in [-0.05, 0) is 62.6 Å². The van der Waals surface area contributed by atoms with Gasteiger partial charge in [-0.2, -0.15) is 0 Å². The predicted octanol–water partition coefficient (Wildman–Crippen LogP) is 8.24. The molecule has 6 rings (SSSR count). The smallest absolute Gasteiger partial charge is 0.306 e. The summed E-state index contributed by atoms with van der Waals surface area (Å²) in [7, 11) is 0. The van der Waals surface area contributed by atoms with Crippen LogP contribution in [-0.2, 0) is 30.3 Å². The van der Waals surface area contributed by atoms with Gasteiger partial charge >= 0.3 is 5.97 Å². The van der Waals surface area contributed by atoms with E-state index in [-0.39, 0.29) is 48.7 Å². The number of hydrogen-bond donors (Lipinski definition) is 0. The van der Waals surface area contributed by atoms with Crippen molar-refractivity contribution in [3.8, 4) is 17.0 Å². The van der Waals surface area contributed by atoms with Crippen LogP contribution in [0.5, 0.6) is 5.75 Å². The second kappa shape index (κ2) is 16.3. The number of rotatable bonds is 9. The van der Waals surface area contributed by atoms with Gasteiger partial charge in [-0.25, -0.2) is 4.98 Å². The number of amides is 1. The first-order valence-electron chi connectivity index (χ1n) is 19.0. The number of fused-ring (bicyclic) bond motifs is 3. The molecular weight excluding hydrogens is 640 g/mol. The average molecular weight is 693 g/mol. The fourth-order valence-corrected chi connectivity index (χ4v) is 8.07. The number of pyridine rings is 1. The van der Waals surface area contributed by atoms with Crippen LogP contribution < -0.4 is 4.74 Å². The number of aryl methyl sites for hydroxylation is 1. The van der Waals surface area contributed by atoms with Crippen LogP contribution in [0.15, 0.2) is 67.3 Å². The molecule has 0 unspecified atom stereocenters. The van der Waals surface area contributed by atoms with Crippen LogP contribution in [0, 0.1) is 17.3 Å².